The van der Waals surface area contributed by atoms with Crippen LogP contribution >= 0.6 is 0 Å². The van der Waals surface area contributed by atoms with Crippen molar-refractivity contribution in [1.29, 1.82) is 0 Å². The molecule has 148 valence electrons. The van der Waals surface area contributed by atoms with Crippen LogP contribution in [0.3, 0.4) is 0 Å². The molecule has 1 heterocycles. The Morgan fingerprint density at radius 3 is 2.54 bits per heavy atom. The largest absolute Gasteiger partial charge is 0.508 e. The Kier molecular flexibility index (Phi) is 5.73. The number of hydrogen-bond donors (Lipinski definition) is 3. The zero-order valence-electron chi connectivity index (χ0n) is 16.4. The van der Waals surface area contributed by atoms with Gasteiger partial charge < -0.3 is 20.6 Å². The summed E-state index contributed by atoms with van der Waals surface area (Å²) in [5.41, 5.74) is 3.99. The molecule has 0 bridgehead atoms. The van der Waals surface area contributed by atoms with Crippen LogP contribution in [0.2, 0.25) is 0 Å². The summed E-state index contributed by atoms with van der Waals surface area (Å²) in [5.74, 6) is -0.0322. The van der Waals surface area contributed by atoms with E-state index in [0.29, 0.717) is 6.54 Å². The molecule has 1 atom stereocenters. The number of aromatic hydroxyl groups is 1. The number of urea groups is 1. The lowest BCUT2D eigenvalue weighted by Crippen LogP contribution is -2.43. The van der Waals surface area contributed by atoms with E-state index in [4.69, 9.17) is 0 Å². The minimum atomic E-state index is -0.375. The second-order valence-corrected chi connectivity index (χ2v) is 7.14. The number of phenolic OH excluding ortho intramolecular Hbond substituents is 1. The van der Waals surface area contributed by atoms with Gasteiger partial charge >= 0.3 is 6.03 Å². The predicted octanol–water partition coefficient (Wildman–Crippen LogP) is 2.41. The molecule has 3 rings (SSSR count). The maximum Gasteiger partial charge on any atom is 0.321 e. The molecule has 0 saturated heterocycles. The van der Waals surface area contributed by atoms with Gasteiger partial charge in [-0.15, -0.1) is 0 Å². The summed E-state index contributed by atoms with van der Waals surface area (Å²) in [7, 11) is 3.99. The van der Waals surface area contributed by atoms with E-state index in [0.717, 1.165) is 28.9 Å². The molecule has 0 aromatic heterocycles. The SMILES string of the molecule is CC(=O)NC(CNC(=O)N1CCc2cc(N(C)C)ccc21)c1ccc(O)cc1. The molecule has 2 aromatic carbocycles. The van der Waals surface area contributed by atoms with Gasteiger partial charge in [0, 0.05) is 45.5 Å². The van der Waals surface area contributed by atoms with Gasteiger partial charge in [0.25, 0.3) is 0 Å². The second-order valence-electron chi connectivity index (χ2n) is 7.14. The number of amides is 3. The third kappa shape index (κ3) is 4.36. The fourth-order valence-electron chi connectivity index (χ4n) is 3.37. The lowest BCUT2D eigenvalue weighted by atomic mass is 10.1. The highest BCUT2D eigenvalue weighted by Gasteiger charge is 2.25. The maximum atomic E-state index is 12.8. The first-order chi connectivity index (χ1) is 13.3. The quantitative estimate of drug-likeness (QED) is 0.741. The number of carbonyl (C=O) groups is 2. The van der Waals surface area contributed by atoms with Gasteiger partial charge in [0.15, 0.2) is 0 Å². The maximum absolute atomic E-state index is 12.8. The highest BCUT2D eigenvalue weighted by atomic mass is 16.3. The number of fused-ring (bicyclic) bond motifs is 1. The van der Waals surface area contributed by atoms with Gasteiger partial charge in [-0.3, -0.25) is 9.69 Å². The molecule has 0 fully saturated rings. The van der Waals surface area contributed by atoms with Gasteiger partial charge in [-0.1, -0.05) is 12.1 Å². The second kappa shape index (κ2) is 8.21. The predicted molar refractivity (Wildman–Crippen MR) is 110 cm³/mol. The van der Waals surface area contributed by atoms with Gasteiger partial charge in [0.1, 0.15) is 5.75 Å². The van der Waals surface area contributed by atoms with Gasteiger partial charge in [0.2, 0.25) is 5.91 Å². The first-order valence-corrected chi connectivity index (χ1v) is 9.27. The first-order valence-electron chi connectivity index (χ1n) is 9.27. The molecular formula is C21H26N4O3. The fraction of sp³-hybridized carbons (Fsp3) is 0.333. The molecule has 0 saturated carbocycles. The lowest BCUT2D eigenvalue weighted by Gasteiger charge is -2.23. The summed E-state index contributed by atoms with van der Waals surface area (Å²) in [6.07, 6.45) is 0.817. The number of nitrogens with zero attached hydrogens (tertiary/aromatic N) is 2. The van der Waals surface area contributed by atoms with E-state index in [1.807, 2.05) is 31.1 Å². The van der Waals surface area contributed by atoms with Crippen LogP contribution in [0.5, 0.6) is 5.75 Å². The topological polar surface area (TPSA) is 84.9 Å². The average Bonchev–Trinajstić information content (AvgIpc) is 3.08. The third-order valence-corrected chi connectivity index (χ3v) is 4.85. The minimum absolute atomic E-state index is 0.153. The van der Waals surface area contributed by atoms with Gasteiger partial charge in [0.05, 0.1) is 6.04 Å². The molecule has 28 heavy (non-hydrogen) atoms. The standard InChI is InChI=1S/C21H26N4O3/c1-14(26)23-19(15-4-7-18(27)8-5-15)13-22-21(28)25-11-10-16-12-17(24(2)3)6-9-20(16)25/h4-9,12,19,27H,10-11,13H2,1-3H3,(H,22,28)(H,23,26). The molecule has 3 N–H and O–H groups in total. The Morgan fingerprint density at radius 2 is 1.89 bits per heavy atom. The summed E-state index contributed by atoms with van der Waals surface area (Å²) in [4.78, 5) is 28.1. The Hall–Kier alpha value is -3.22. The van der Waals surface area contributed by atoms with E-state index in [-0.39, 0.29) is 30.3 Å². The van der Waals surface area contributed by atoms with Crippen LogP contribution in [-0.2, 0) is 11.2 Å². The molecule has 1 aliphatic heterocycles. The van der Waals surface area contributed by atoms with Crippen LogP contribution in [0.15, 0.2) is 42.5 Å². The average molecular weight is 382 g/mol. The van der Waals surface area contributed by atoms with Crippen LogP contribution < -0.4 is 20.4 Å². The highest BCUT2D eigenvalue weighted by Crippen LogP contribution is 2.31. The lowest BCUT2D eigenvalue weighted by molar-refractivity contribution is -0.119. The van der Waals surface area contributed by atoms with Crippen LogP contribution in [0, 0.1) is 0 Å². The molecule has 7 heteroatoms. The zero-order valence-corrected chi connectivity index (χ0v) is 16.4. The minimum Gasteiger partial charge on any atom is -0.508 e. The van der Waals surface area contributed by atoms with Gasteiger partial charge in [-0.25, -0.2) is 4.79 Å². The number of carbonyl (C=O) groups excluding carboxylic acids is 2. The molecule has 0 radical (unpaired) electrons. The van der Waals surface area contributed by atoms with E-state index in [2.05, 4.69) is 16.7 Å². The Balaban J connectivity index is 1.69. The fourth-order valence-corrected chi connectivity index (χ4v) is 3.37. The molecule has 7 nitrogen and oxygen atoms in total. The van der Waals surface area contributed by atoms with Crippen LogP contribution in [0.25, 0.3) is 0 Å². The van der Waals surface area contributed by atoms with Crippen molar-refractivity contribution in [2.75, 3.05) is 37.0 Å². The molecule has 3 amide bonds. The summed E-state index contributed by atoms with van der Waals surface area (Å²) in [5, 5.41) is 15.2. The van der Waals surface area contributed by atoms with Crippen LogP contribution in [0.4, 0.5) is 16.2 Å². The van der Waals surface area contributed by atoms with Crippen LogP contribution in [-0.4, -0.2) is 44.2 Å². The number of nitrogens with one attached hydrogen (secondary N) is 2. The molecule has 0 spiro atoms. The first kappa shape index (κ1) is 19.5. The van der Waals surface area contributed by atoms with E-state index >= 15 is 0 Å². The van der Waals surface area contributed by atoms with Crippen molar-refractivity contribution >= 4 is 23.3 Å². The number of benzene rings is 2. The summed E-state index contributed by atoms with van der Waals surface area (Å²) < 4.78 is 0. The molecule has 1 aliphatic rings. The van der Waals surface area contributed by atoms with E-state index in [1.165, 1.54) is 6.92 Å². The highest BCUT2D eigenvalue weighted by molar-refractivity contribution is 5.94. The smallest absolute Gasteiger partial charge is 0.321 e. The van der Waals surface area contributed by atoms with Crippen molar-refractivity contribution < 1.29 is 14.7 Å². The van der Waals surface area contributed by atoms with Crippen molar-refractivity contribution in [2.45, 2.75) is 19.4 Å². The molecule has 1 unspecified atom stereocenters. The van der Waals surface area contributed by atoms with Crippen molar-refractivity contribution in [3.05, 3.63) is 53.6 Å². The molecule has 2 aromatic rings. The Bertz CT molecular complexity index is 864. The summed E-state index contributed by atoms with van der Waals surface area (Å²) >= 11 is 0. The third-order valence-electron chi connectivity index (χ3n) is 4.85. The van der Waals surface area contributed by atoms with E-state index in [1.54, 1.807) is 29.2 Å². The number of anilines is 2. The normalized spacial score (nSPS) is 13.6. The number of hydrogen-bond acceptors (Lipinski definition) is 4. The molecular weight excluding hydrogens is 356 g/mol. The van der Waals surface area contributed by atoms with Crippen molar-refractivity contribution in [3.8, 4) is 5.75 Å². The van der Waals surface area contributed by atoms with Crippen molar-refractivity contribution in [1.82, 2.24) is 10.6 Å². The summed E-state index contributed by atoms with van der Waals surface area (Å²) in [6.45, 7) is 2.32. The van der Waals surface area contributed by atoms with Gasteiger partial charge in [-0.05, 0) is 47.9 Å². The molecule has 0 aliphatic carbocycles. The number of phenols is 1. The van der Waals surface area contributed by atoms with Crippen molar-refractivity contribution in [2.24, 2.45) is 0 Å². The summed E-state index contributed by atoms with van der Waals surface area (Å²) in [6, 6.07) is 12.1. The Morgan fingerprint density at radius 1 is 1.18 bits per heavy atom. The zero-order chi connectivity index (χ0) is 20.3. The van der Waals surface area contributed by atoms with E-state index < -0.39 is 0 Å². The van der Waals surface area contributed by atoms with Crippen LogP contribution in [0.1, 0.15) is 24.1 Å². The monoisotopic (exact) mass is 382 g/mol. The van der Waals surface area contributed by atoms with E-state index in [9.17, 15) is 14.7 Å². The Labute approximate surface area is 165 Å². The number of rotatable bonds is 5. The van der Waals surface area contributed by atoms with Gasteiger partial charge in [-0.2, -0.15) is 0 Å². The van der Waals surface area contributed by atoms with Crippen molar-refractivity contribution in [3.63, 3.8) is 0 Å².